The van der Waals surface area contributed by atoms with Gasteiger partial charge in [0.15, 0.2) is 0 Å². The predicted molar refractivity (Wildman–Crippen MR) is 162 cm³/mol. The lowest BCUT2D eigenvalue weighted by molar-refractivity contribution is -0.143. The van der Waals surface area contributed by atoms with E-state index in [2.05, 4.69) is 48.4 Å². The zero-order valence-electron chi connectivity index (χ0n) is 25.2. The van der Waals surface area contributed by atoms with Crippen molar-refractivity contribution in [3.63, 3.8) is 0 Å². The van der Waals surface area contributed by atoms with Crippen LogP contribution >= 0.6 is 0 Å². The summed E-state index contributed by atoms with van der Waals surface area (Å²) in [5, 5.41) is 0. The molecule has 2 aromatic rings. The molecule has 1 amide bonds. The fraction of sp³-hybridized carbons (Fsp3) is 0.514. The number of carbonyl (C=O) groups excluding carboxylic acids is 1. The van der Waals surface area contributed by atoms with E-state index in [9.17, 15) is 26.4 Å². The first kappa shape index (κ1) is 30.9. The van der Waals surface area contributed by atoms with Crippen LogP contribution in [0.5, 0.6) is 0 Å². The van der Waals surface area contributed by atoms with Crippen LogP contribution in [0.1, 0.15) is 69.9 Å². The number of halogens is 3. The number of carbonyl (C=O) groups is 1. The Hall–Kier alpha value is -3.07. The summed E-state index contributed by atoms with van der Waals surface area (Å²) in [5.41, 5.74) is -2.77. The van der Waals surface area contributed by atoms with Crippen molar-refractivity contribution in [3.8, 4) is 0 Å². The van der Waals surface area contributed by atoms with Gasteiger partial charge in [-0.25, -0.2) is 0 Å². The lowest BCUT2D eigenvalue weighted by Crippen LogP contribution is -2.51. The number of alkyl halides is 3. The minimum Gasteiger partial charge on any atom is -0.381 e. The van der Waals surface area contributed by atoms with E-state index in [-0.39, 0.29) is 34.8 Å². The Morgan fingerprint density at radius 3 is 2.11 bits per heavy atom. The molecule has 0 aromatic heterocycles. The molecule has 0 bridgehead atoms. The van der Waals surface area contributed by atoms with Crippen molar-refractivity contribution in [2.24, 2.45) is 34.5 Å². The van der Waals surface area contributed by atoms with Crippen LogP contribution in [0.25, 0.3) is 0 Å². The highest BCUT2D eigenvalue weighted by Gasteiger charge is 2.60. The molecule has 0 spiro atoms. The summed E-state index contributed by atoms with van der Waals surface area (Å²) in [6.07, 6.45) is 8.73. The van der Waals surface area contributed by atoms with E-state index in [1.54, 1.807) is 0 Å². The fourth-order valence-corrected chi connectivity index (χ4v) is 9.51. The number of hydrogen-bond donors (Lipinski definition) is 0. The Kier molecular flexibility index (Phi) is 8.00. The van der Waals surface area contributed by atoms with Crippen LogP contribution in [0.3, 0.4) is 0 Å². The maximum Gasteiger partial charge on any atom is 0.534 e. The average molecular weight is 628 g/mol. The molecule has 236 valence electrons. The van der Waals surface area contributed by atoms with Crippen molar-refractivity contribution >= 4 is 16.0 Å². The number of benzene rings is 2. The SMILES string of the molecule is C[C@]12CC[C@H]3[C@@H](CC=C4C=C(OS(=O)(=O)C(F)(F)F)CC[C@@]43C)[C@@H]1CC[C@@H]2C(=O)N(Cc1ccccc1)Cc1ccccc1. The van der Waals surface area contributed by atoms with Crippen LogP contribution in [0, 0.1) is 34.5 Å². The molecular formula is C35H40F3NO4S. The Morgan fingerprint density at radius 1 is 0.909 bits per heavy atom. The topological polar surface area (TPSA) is 63.7 Å². The highest BCUT2D eigenvalue weighted by atomic mass is 32.2. The summed E-state index contributed by atoms with van der Waals surface area (Å²) in [6, 6.07) is 20.3. The summed E-state index contributed by atoms with van der Waals surface area (Å²) in [7, 11) is -5.69. The lowest BCUT2D eigenvalue weighted by Gasteiger charge is -2.57. The first-order chi connectivity index (χ1) is 20.8. The van der Waals surface area contributed by atoms with E-state index >= 15 is 0 Å². The monoisotopic (exact) mass is 627 g/mol. The normalized spacial score (nSPS) is 31.6. The third-order valence-electron chi connectivity index (χ3n) is 11.3. The fourth-order valence-electron chi connectivity index (χ4n) is 9.00. The van der Waals surface area contributed by atoms with Gasteiger partial charge in [-0.2, -0.15) is 21.6 Å². The van der Waals surface area contributed by atoms with E-state index in [1.807, 2.05) is 41.3 Å². The Morgan fingerprint density at radius 2 is 1.52 bits per heavy atom. The van der Waals surface area contributed by atoms with Crippen molar-refractivity contribution < 1.29 is 30.6 Å². The molecule has 44 heavy (non-hydrogen) atoms. The highest BCUT2D eigenvalue weighted by Crippen LogP contribution is 2.66. The number of amides is 1. The first-order valence-electron chi connectivity index (χ1n) is 15.6. The van der Waals surface area contributed by atoms with E-state index < -0.39 is 15.6 Å². The summed E-state index contributed by atoms with van der Waals surface area (Å²) in [4.78, 5) is 16.5. The van der Waals surface area contributed by atoms with Gasteiger partial charge in [-0.05, 0) is 89.9 Å². The van der Waals surface area contributed by atoms with Gasteiger partial charge >= 0.3 is 15.6 Å². The van der Waals surface area contributed by atoms with Gasteiger partial charge in [0.2, 0.25) is 5.91 Å². The van der Waals surface area contributed by atoms with Gasteiger partial charge in [0.25, 0.3) is 0 Å². The van der Waals surface area contributed by atoms with Gasteiger partial charge in [-0.15, -0.1) is 0 Å². The second-order valence-electron chi connectivity index (χ2n) is 13.6. The Bertz CT molecular complexity index is 1510. The van der Waals surface area contributed by atoms with Crippen LogP contribution in [0.15, 0.2) is 84.1 Å². The molecular weight excluding hydrogens is 587 g/mol. The Balaban J connectivity index is 1.23. The minimum atomic E-state index is -5.69. The van der Waals surface area contributed by atoms with Crippen molar-refractivity contribution in [1.29, 1.82) is 0 Å². The van der Waals surface area contributed by atoms with Crippen molar-refractivity contribution in [1.82, 2.24) is 4.90 Å². The average Bonchev–Trinajstić information content (AvgIpc) is 3.34. The van der Waals surface area contributed by atoms with E-state index in [0.29, 0.717) is 37.3 Å². The molecule has 6 atom stereocenters. The van der Waals surface area contributed by atoms with Gasteiger partial charge in [0.1, 0.15) is 5.76 Å². The number of fused-ring (bicyclic) bond motifs is 5. The maximum absolute atomic E-state index is 14.4. The molecule has 9 heteroatoms. The van der Waals surface area contributed by atoms with Gasteiger partial charge in [0, 0.05) is 25.4 Å². The molecule has 0 unspecified atom stereocenters. The van der Waals surface area contributed by atoms with Gasteiger partial charge in [-0.3, -0.25) is 4.79 Å². The molecule has 0 N–H and O–H groups in total. The number of allylic oxidation sites excluding steroid dienone is 4. The quantitative estimate of drug-likeness (QED) is 0.230. The Labute approximate surface area is 258 Å². The molecule has 0 aliphatic heterocycles. The smallest absolute Gasteiger partial charge is 0.381 e. The van der Waals surface area contributed by atoms with E-state index in [4.69, 9.17) is 0 Å². The maximum atomic E-state index is 14.4. The minimum absolute atomic E-state index is 0.0714. The molecule has 2 aromatic carbocycles. The molecule has 5 nitrogen and oxygen atoms in total. The number of nitrogens with zero attached hydrogens (tertiary/aromatic N) is 1. The largest absolute Gasteiger partial charge is 0.534 e. The van der Waals surface area contributed by atoms with Crippen LogP contribution in [-0.4, -0.2) is 24.7 Å². The summed E-state index contributed by atoms with van der Waals surface area (Å²) in [5.74, 6) is 1.05. The standard InChI is InChI=1S/C35H40F3NO4S/c1-33-19-17-27(43-44(41,42)35(36,37)38)21-26(33)13-14-28-29-15-16-31(34(29,2)20-18-30(28)33)32(40)39(22-24-9-5-3-6-10-24)23-25-11-7-4-8-12-25/h3-13,21,28-31H,14-20,22-23H2,1-2H3/t28-,29-,30-,31+,33-,34-/m0/s1. The van der Waals surface area contributed by atoms with Gasteiger partial charge in [0.05, 0.1) is 0 Å². The number of rotatable bonds is 7. The molecule has 0 radical (unpaired) electrons. The number of hydrogen-bond acceptors (Lipinski definition) is 4. The predicted octanol–water partition coefficient (Wildman–Crippen LogP) is 8.15. The summed E-state index contributed by atoms with van der Waals surface area (Å²) < 4.78 is 66.7. The van der Waals surface area contributed by atoms with E-state index in [1.165, 1.54) is 6.08 Å². The zero-order valence-corrected chi connectivity index (χ0v) is 26.0. The van der Waals surface area contributed by atoms with Crippen LogP contribution in [0.2, 0.25) is 0 Å². The highest BCUT2D eigenvalue weighted by molar-refractivity contribution is 7.87. The molecule has 4 aliphatic rings. The third-order valence-corrected chi connectivity index (χ3v) is 12.3. The molecule has 6 rings (SSSR count). The van der Waals surface area contributed by atoms with Crippen LogP contribution in [0.4, 0.5) is 13.2 Å². The van der Waals surface area contributed by atoms with Crippen molar-refractivity contribution in [2.45, 2.75) is 77.4 Å². The second kappa shape index (κ2) is 11.4. The van der Waals surface area contributed by atoms with Crippen LogP contribution < -0.4 is 0 Å². The van der Waals surface area contributed by atoms with Crippen LogP contribution in [-0.2, 0) is 32.2 Å². The molecule has 2 fully saturated rings. The zero-order chi connectivity index (χ0) is 31.3. The van der Waals surface area contributed by atoms with Crippen molar-refractivity contribution in [3.05, 3.63) is 95.3 Å². The first-order valence-corrected chi connectivity index (χ1v) is 17.0. The molecule has 0 heterocycles. The second-order valence-corrected chi connectivity index (χ2v) is 15.2. The van der Waals surface area contributed by atoms with E-state index in [0.717, 1.165) is 48.8 Å². The molecule has 0 saturated heterocycles. The lowest BCUT2D eigenvalue weighted by atomic mass is 9.48. The summed E-state index contributed by atoms with van der Waals surface area (Å²) >= 11 is 0. The third kappa shape index (κ3) is 5.50. The molecule has 4 aliphatic carbocycles. The summed E-state index contributed by atoms with van der Waals surface area (Å²) in [6.45, 7) is 5.59. The molecule has 2 saturated carbocycles. The van der Waals surface area contributed by atoms with Gasteiger partial charge < -0.3 is 9.08 Å². The van der Waals surface area contributed by atoms with Crippen molar-refractivity contribution in [2.75, 3.05) is 0 Å². The van der Waals surface area contributed by atoms with Gasteiger partial charge in [-0.1, -0.05) is 80.6 Å².